The lowest BCUT2D eigenvalue weighted by molar-refractivity contribution is -0.0818. The largest absolute Gasteiger partial charge is 0.382 e. The highest BCUT2D eigenvalue weighted by Gasteiger charge is 2.25. The first-order chi connectivity index (χ1) is 18.9. The van der Waals surface area contributed by atoms with E-state index >= 15 is 0 Å². The van der Waals surface area contributed by atoms with E-state index in [2.05, 4.69) is 16.4 Å². The van der Waals surface area contributed by atoms with Crippen molar-refractivity contribution in [2.24, 2.45) is 7.05 Å². The molecule has 2 aliphatic rings. The summed E-state index contributed by atoms with van der Waals surface area (Å²) in [5.74, 6) is -0.224. The molecule has 0 bridgehead atoms. The third kappa shape index (κ3) is 6.72. The lowest BCUT2D eigenvalue weighted by Crippen LogP contribution is -2.36. The first kappa shape index (κ1) is 28.0. The third-order valence-electron chi connectivity index (χ3n) is 7.18. The van der Waals surface area contributed by atoms with Gasteiger partial charge in [-0.1, -0.05) is 19.3 Å². The standard InChI is InChI=1S/C18H19N5O.C11H14FNO2/c1-22(13-6-4-3-5-7-13)17-14(11-20)18(24)23(2)15-9-8-12(10-19)21-16(15)17;12-9-1-3-10(4-2-9)13-7-11-8-14-5-6-15-11/h8-9,13H,3-7H2,1-2H3;1-4,11,13H,5-8H2. The zero-order chi connectivity index (χ0) is 27.8. The molecule has 3 aromatic rings. The van der Waals surface area contributed by atoms with Crippen molar-refractivity contribution in [3.63, 3.8) is 0 Å². The van der Waals surface area contributed by atoms with Gasteiger partial charge in [-0.05, 0) is 49.2 Å². The van der Waals surface area contributed by atoms with E-state index in [9.17, 15) is 14.4 Å². The molecule has 5 rings (SSSR count). The minimum Gasteiger partial charge on any atom is -0.382 e. The molecule has 0 amide bonds. The van der Waals surface area contributed by atoms with E-state index in [1.54, 1.807) is 31.3 Å². The number of nitrogens with one attached hydrogen (secondary N) is 1. The molecule has 2 aromatic heterocycles. The van der Waals surface area contributed by atoms with Crippen molar-refractivity contribution in [3.8, 4) is 12.1 Å². The Morgan fingerprint density at radius 3 is 2.49 bits per heavy atom. The van der Waals surface area contributed by atoms with E-state index in [1.807, 2.05) is 18.0 Å². The maximum Gasteiger partial charge on any atom is 0.270 e. The number of nitriles is 2. The number of pyridine rings is 2. The highest BCUT2D eigenvalue weighted by Crippen LogP contribution is 2.32. The van der Waals surface area contributed by atoms with Crippen LogP contribution in [-0.4, -0.2) is 55.1 Å². The predicted molar refractivity (Wildman–Crippen MR) is 147 cm³/mol. The van der Waals surface area contributed by atoms with Crippen LogP contribution in [0.15, 0.2) is 41.2 Å². The molecular formula is C29H33FN6O3. The summed E-state index contributed by atoms with van der Waals surface area (Å²) in [6.07, 6.45) is 5.69. The Kier molecular flexibility index (Phi) is 9.48. The maximum absolute atomic E-state index is 12.6. The van der Waals surface area contributed by atoms with Gasteiger partial charge in [0, 0.05) is 32.4 Å². The Labute approximate surface area is 227 Å². The van der Waals surface area contributed by atoms with Gasteiger partial charge in [-0.3, -0.25) is 4.79 Å². The fourth-order valence-corrected chi connectivity index (χ4v) is 5.00. The molecule has 0 radical (unpaired) electrons. The molecule has 10 heteroatoms. The molecule has 39 heavy (non-hydrogen) atoms. The molecule has 2 fully saturated rings. The molecule has 1 aromatic carbocycles. The van der Waals surface area contributed by atoms with E-state index < -0.39 is 0 Å². The normalized spacial score (nSPS) is 17.4. The van der Waals surface area contributed by atoms with Gasteiger partial charge >= 0.3 is 0 Å². The predicted octanol–water partition coefficient (Wildman–Crippen LogP) is 4.10. The number of hydrogen-bond acceptors (Lipinski definition) is 8. The molecule has 1 aliphatic carbocycles. The van der Waals surface area contributed by atoms with Gasteiger partial charge in [0.05, 0.1) is 37.1 Å². The van der Waals surface area contributed by atoms with Gasteiger partial charge in [-0.15, -0.1) is 0 Å². The van der Waals surface area contributed by atoms with Crippen molar-refractivity contribution in [2.75, 3.05) is 43.6 Å². The van der Waals surface area contributed by atoms with Crippen molar-refractivity contribution >= 4 is 22.4 Å². The van der Waals surface area contributed by atoms with E-state index in [4.69, 9.17) is 14.7 Å². The van der Waals surface area contributed by atoms with E-state index in [0.717, 1.165) is 31.4 Å². The summed E-state index contributed by atoms with van der Waals surface area (Å²) in [6, 6.07) is 14.0. The van der Waals surface area contributed by atoms with Crippen LogP contribution in [0.25, 0.3) is 11.0 Å². The highest BCUT2D eigenvalue weighted by molar-refractivity contribution is 5.92. The van der Waals surface area contributed by atoms with Gasteiger partial charge in [0.1, 0.15) is 34.7 Å². The van der Waals surface area contributed by atoms with Gasteiger partial charge in [0.15, 0.2) is 0 Å². The Hall–Kier alpha value is -3.99. The number of hydrogen-bond donors (Lipinski definition) is 1. The lowest BCUT2D eigenvalue weighted by atomic mass is 9.93. The summed E-state index contributed by atoms with van der Waals surface area (Å²) in [4.78, 5) is 19.0. The lowest BCUT2D eigenvalue weighted by Gasteiger charge is -2.33. The van der Waals surface area contributed by atoms with Crippen LogP contribution in [0.5, 0.6) is 0 Å². The van der Waals surface area contributed by atoms with Crippen LogP contribution >= 0.6 is 0 Å². The topological polar surface area (TPSA) is 116 Å². The van der Waals surface area contributed by atoms with Crippen LogP contribution in [0.1, 0.15) is 43.4 Å². The molecule has 1 saturated heterocycles. The monoisotopic (exact) mass is 532 g/mol. The average molecular weight is 533 g/mol. The summed E-state index contributed by atoms with van der Waals surface area (Å²) in [6.45, 7) is 2.63. The number of nitrogens with zero attached hydrogens (tertiary/aromatic N) is 5. The molecule has 1 N–H and O–H groups in total. The second-order valence-electron chi connectivity index (χ2n) is 9.73. The first-order valence-electron chi connectivity index (χ1n) is 13.2. The minimum atomic E-state index is -0.325. The second-order valence-corrected chi connectivity index (χ2v) is 9.73. The Bertz CT molecular complexity index is 1410. The highest BCUT2D eigenvalue weighted by atomic mass is 19.1. The second kappa shape index (κ2) is 13.2. The van der Waals surface area contributed by atoms with Crippen LogP contribution in [0.3, 0.4) is 0 Å². The molecule has 1 aliphatic heterocycles. The van der Waals surface area contributed by atoms with E-state index in [1.165, 1.54) is 23.1 Å². The summed E-state index contributed by atoms with van der Waals surface area (Å²) in [7, 11) is 3.55. The van der Waals surface area contributed by atoms with Gasteiger partial charge in [-0.2, -0.15) is 10.5 Å². The molecular weight excluding hydrogens is 499 g/mol. The molecule has 1 unspecified atom stereocenters. The van der Waals surface area contributed by atoms with Crippen LogP contribution in [-0.2, 0) is 16.5 Å². The van der Waals surface area contributed by atoms with Crippen molar-refractivity contribution in [1.82, 2.24) is 9.55 Å². The van der Waals surface area contributed by atoms with E-state index in [0.29, 0.717) is 43.1 Å². The number of ether oxygens (including phenoxy) is 2. The van der Waals surface area contributed by atoms with Gasteiger partial charge in [-0.25, -0.2) is 9.37 Å². The Morgan fingerprint density at radius 1 is 1.10 bits per heavy atom. The van der Waals surface area contributed by atoms with Gasteiger partial charge < -0.3 is 24.3 Å². The van der Waals surface area contributed by atoms with Crippen LogP contribution in [0.2, 0.25) is 0 Å². The number of aryl methyl sites for hydroxylation is 1. The smallest absolute Gasteiger partial charge is 0.270 e. The van der Waals surface area contributed by atoms with Crippen molar-refractivity contribution in [3.05, 3.63) is 63.8 Å². The maximum atomic E-state index is 12.6. The molecule has 1 saturated carbocycles. The Morgan fingerprint density at radius 2 is 1.85 bits per heavy atom. The summed E-state index contributed by atoms with van der Waals surface area (Å²) >= 11 is 0. The van der Waals surface area contributed by atoms with E-state index in [-0.39, 0.29) is 34.8 Å². The zero-order valence-electron chi connectivity index (χ0n) is 22.3. The number of anilines is 2. The quantitative estimate of drug-likeness (QED) is 0.522. The first-order valence-corrected chi connectivity index (χ1v) is 13.2. The fourth-order valence-electron chi connectivity index (χ4n) is 5.00. The van der Waals surface area contributed by atoms with Crippen LogP contribution in [0, 0.1) is 28.5 Å². The summed E-state index contributed by atoms with van der Waals surface area (Å²) in [5.41, 5.74) is 2.68. The third-order valence-corrected chi connectivity index (χ3v) is 7.18. The number of rotatable bonds is 5. The van der Waals surface area contributed by atoms with Crippen molar-refractivity contribution < 1.29 is 13.9 Å². The number of fused-ring (bicyclic) bond motifs is 1. The van der Waals surface area contributed by atoms with Crippen LogP contribution < -0.4 is 15.8 Å². The zero-order valence-corrected chi connectivity index (χ0v) is 22.3. The summed E-state index contributed by atoms with van der Waals surface area (Å²) < 4.78 is 24.8. The number of benzene rings is 1. The molecule has 0 spiro atoms. The summed E-state index contributed by atoms with van der Waals surface area (Å²) in [5, 5.41) is 21.9. The van der Waals surface area contributed by atoms with Crippen molar-refractivity contribution in [1.29, 1.82) is 10.5 Å². The molecule has 9 nitrogen and oxygen atoms in total. The van der Waals surface area contributed by atoms with Crippen molar-refractivity contribution in [2.45, 2.75) is 44.2 Å². The average Bonchev–Trinajstić information content (AvgIpc) is 2.99. The fraction of sp³-hybridized carbons (Fsp3) is 0.448. The number of aromatic nitrogens is 2. The molecule has 204 valence electrons. The Balaban J connectivity index is 0.000000202. The SMILES string of the molecule is CN(c1c(C#N)c(=O)n(C)c2ccc(C#N)nc12)C1CCCCC1.Fc1ccc(NCC2COCCO2)cc1. The van der Waals surface area contributed by atoms with Crippen LogP contribution in [0.4, 0.5) is 15.8 Å². The molecule has 1 atom stereocenters. The minimum absolute atomic E-state index is 0.0869. The van der Waals surface area contributed by atoms with Gasteiger partial charge in [0.25, 0.3) is 5.56 Å². The van der Waals surface area contributed by atoms with Gasteiger partial charge in [0.2, 0.25) is 0 Å². The molecule has 3 heterocycles. The number of halogens is 1.